The Hall–Kier alpha value is -1.03. The van der Waals surface area contributed by atoms with E-state index in [0.29, 0.717) is 12.0 Å². The standard InChI is InChI=1S/C16H21F3O/c1-15(8-3-2-4-9-15)14(20)11-12-6-5-7-13(10-12)16(17,18)19/h5-7,10,14,20H,2-4,8-9,11H2,1H3. The van der Waals surface area contributed by atoms with Crippen LogP contribution in [0.4, 0.5) is 13.2 Å². The van der Waals surface area contributed by atoms with Crippen LogP contribution >= 0.6 is 0 Å². The molecule has 1 nitrogen and oxygen atoms in total. The van der Waals surface area contributed by atoms with Crippen molar-refractivity contribution < 1.29 is 18.3 Å². The van der Waals surface area contributed by atoms with Crippen LogP contribution < -0.4 is 0 Å². The molecule has 1 N–H and O–H groups in total. The molecule has 0 heterocycles. The van der Waals surface area contributed by atoms with Crippen LogP contribution in [0.5, 0.6) is 0 Å². The molecule has 0 aromatic heterocycles. The number of benzene rings is 1. The van der Waals surface area contributed by atoms with Crippen LogP contribution in [0, 0.1) is 5.41 Å². The van der Waals surface area contributed by atoms with Crippen molar-refractivity contribution in [3.05, 3.63) is 35.4 Å². The Morgan fingerprint density at radius 2 is 1.85 bits per heavy atom. The Balaban J connectivity index is 2.09. The van der Waals surface area contributed by atoms with E-state index in [1.54, 1.807) is 6.07 Å². The molecule has 112 valence electrons. The Labute approximate surface area is 117 Å². The van der Waals surface area contributed by atoms with E-state index in [-0.39, 0.29) is 5.41 Å². The number of aliphatic hydroxyl groups excluding tert-OH is 1. The lowest BCUT2D eigenvalue weighted by atomic mass is 9.70. The first kappa shape index (κ1) is 15.4. The molecule has 0 amide bonds. The van der Waals surface area contributed by atoms with Gasteiger partial charge in [-0.3, -0.25) is 0 Å². The molecule has 0 spiro atoms. The molecule has 1 unspecified atom stereocenters. The van der Waals surface area contributed by atoms with Crippen molar-refractivity contribution in [3.8, 4) is 0 Å². The van der Waals surface area contributed by atoms with Gasteiger partial charge in [0.25, 0.3) is 0 Å². The van der Waals surface area contributed by atoms with Gasteiger partial charge in [-0.1, -0.05) is 44.4 Å². The van der Waals surface area contributed by atoms with Crippen LogP contribution in [0.25, 0.3) is 0 Å². The van der Waals surface area contributed by atoms with Crippen LogP contribution in [0.15, 0.2) is 24.3 Å². The first-order valence-corrected chi connectivity index (χ1v) is 7.15. The third kappa shape index (κ3) is 3.54. The van der Waals surface area contributed by atoms with Crippen LogP contribution in [0.1, 0.15) is 50.2 Å². The van der Waals surface area contributed by atoms with E-state index in [2.05, 4.69) is 0 Å². The van der Waals surface area contributed by atoms with Crippen LogP contribution in [-0.2, 0) is 12.6 Å². The number of hydrogen-bond donors (Lipinski definition) is 1. The first-order valence-electron chi connectivity index (χ1n) is 7.15. The highest BCUT2D eigenvalue weighted by molar-refractivity contribution is 5.26. The molecule has 1 saturated carbocycles. The van der Waals surface area contributed by atoms with E-state index >= 15 is 0 Å². The summed E-state index contributed by atoms with van der Waals surface area (Å²) < 4.78 is 38.0. The molecule has 2 rings (SSSR count). The number of aliphatic hydroxyl groups is 1. The second kappa shape index (κ2) is 5.76. The zero-order valence-corrected chi connectivity index (χ0v) is 11.7. The monoisotopic (exact) mass is 286 g/mol. The zero-order valence-electron chi connectivity index (χ0n) is 11.7. The minimum Gasteiger partial charge on any atom is -0.392 e. The maximum Gasteiger partial charge on any atom is 0.416 e. The van der Waals surface area contributed by atoms with Crippen LogP contribution in [-0.4, -0.2) is 11.2 Å². The van der Waals surface area contributed by atoms with Gasteiger partial charge >= 0.3 is 6.18 Å². The van der Waals surface area contributed by atoms with Crippen molar-refractivity contribution >= 4 is 0 Å². The molecule has 1 atom stereocenters. The second-order valence-electron chi connectivity index (χ2n) is 6.13. The van der Waals surface area contributed by atoms with Gasteiger partial charge in [-0.15, -0.1) is 0 Å². The lowest BCUT2D eigenvalue weighted by molar-refractivity contribution is -0.137. The summed E-state index contributed by atoms with van der Waals surface area (Å²) in [5.74, 6) is 0. The summed E-state index contributed by atoms with van der Waals surface area (Å²) in [4.78, 5) is 0. The highest BCUT2D eigenvalue weighted by Crippen LogP contribution is 2.40. The van der Waals surface area contributed by atoms with Gasteiger partial charge in [0.15, 0.2) is 0 Å². The molecular formula is C16H21F3O. The number of alkyl halides is 3. The van der Waals surface area contributed by atoms with Gasteiger partial charge in [-0.2, -0.15) is 13.2 Å². The maximum atomic E-state index is 12.7. The van der Waals surface area contributed by atoms with Gasteiger partial charge in [0.2, 0.25) is 0 Å². The van der Waals surface area contributed by atoms with Gasteiger partial charge in [0.1, 0.15) is 0 Å². The molecule has 20 heavy (non-hydrogen) atoms. The molecular weight excluding hydrogens is 265 g/mol. The fourth-order valence-electron chi connectivity index (χ4n) is 3.04. The molecule has 0 saturated heterocycles. The Kier molecular flexibility index (Phi) is 4.43. The van der Waals surface area contributed by atoms with E-state index in [1.165, 1.54) is 12.5 Å². The smallest absolute Gasteiger partial charge is 0.392 e. The first-order chi connectivity index (χ1) is 9.31. The Bertz CT molecular complexity index is 447. The fraction of sp³-hybridized carbons (Fsp3) is 0.625. The Morgan fingerprint density at radius 3 is 2.45 bits per heavy atom. The summed E-state index contributed by atoms with van der Waals surface area (Å²) in [7, 11) is 0. The molecule has 0 radical (unpaired) electrons. The summed E-state index contributed by atoms with van der Waals surface area (Å²) in [5, 5.41) is 10.4. The predicted molar refractivity (Wildman–Crippen MR) is 72.3 cm³/mol. The summed E-state index contributed by atoms with van der Waals surface area (Å²) in [6.45, 7) is 2.05. The van der Waals surface area contributed by atoms with E-state index in [0.717, 1.165) is 37.8 Å². The molecule has 1 aromatic carbocycles. The average molecular weight is 286 g/mol. The van der Waals surface area contributed by atoms with Gasteiger partial charge in [-0.25, -0.2) is 0 Å². The van der Waals surface area contributed by atoms with E-state index in [4.69, 9.17) is 0 Å². The van der Waals surface area contributed by atoms with E-state index in [1.807, 2.05) is 6.92 Å². The summed E-state index contributed by atoms with van der Waals surface area (Å²) in [5.41, 5.74) is -0.248. The van der Waals surface area contributed by atoms with Crippen molar-refractivity contribution in [3.63, 3.8) is 0 Å². The van der Waals surface area contributed by atoms with Crippen molar-refractivity contribution in [1.82, 2.24) is 0 Å². The second-order valence-corrected chi connectivity index (χ2v) is 6.13. The quantitative estimate of drug-likeness (QED) is 0.862. The molecule has 4 heteroatoms. The molecule has 0 aliphatic heterocycles. The van der Waals surface area contributed by atoms with Crippen molar-refractivity contribution in [1.29, 1.82) is 0 Å². The fourth-order valence-corrected chi connectivity index (χ4v) is 3.04. The summed E-state index contributed by atoms with van der Waals surface area (Å²) in [6.07, 6.45) is 0.667. The van der Waals surface area contributed by atoms with Gasteiger partial charge < -0.3 is 5.11 Å². The zero-order chi connectivity index (χ0) is 14.8. The van der Waals surface area contributed by atoms with Gasteiger partial charge in [0.05, 0.1) is 11.7 Å². The number of rotatable bonds is 3. The van der Waals surface area contributed by atoms with Gasteiger partial charge in [0, 0.05) is 0 Å². The number of halogens is 3. The lowest BCUT2D eigenvalue weighted by Crippen LogP contribution is -2.35. The normalized spacial score (nSPS) is 20.6. The SMILES string of the molecule is CC1(C(O)Cc2cccc(C(F)(F)F)c2)CCCCC1. The van der Waals surface area contributed by atoms with Crippen molar-refractivity contribution in [2.75, 3.05) is 0 Å². The largest absolute Gasteiger partial charge is 0.416 e. The highest BCUT2D eigenvalue weighted by atomic mass is 19.4. The predicted octanol–water partition coefficient (Wildman–Crippen LogP) is 4.58. The maximum absolute atomic E-state index is 12.7. The minimum atomic E-state index is -4.32. The molecule has 1 aromatic rings. The highest BCUT2D eigenvalue weighted by Gasteiger charge is 2.35. The summed E-state index contributed by atoms with van der Waals surface area (Å²) >= 11 is 0. The summed E-state index contributed by atoms with van der Waals surface area (Å²) in [6, 6.07) is 5.28. The van der Waals surface area contributed by atoms with E-state index < -0.39 is 17.8 Å². The van der Waals surface area contributed by atoms with Crippen molar-refractivity contribution in [2.45, 2.75) is 57.7 Å². The van der Waals surface area contributed by atoms with Crippen molar-refractivity contribution in [2.24, 2.45) is 5.41 Å². The lowest BCUT2D eigenvalue weighted by Gasteiger charge is -2.38. The van der Waals surface area contributed by atoms with Gasteiger partial charge in [-0.05, 0) is 36.3 Å². The minimum absolute atomic E-state index is 0.160. The van der Waals surface area contributed by atoms with E-state index in [9.17, 15) is 18.3 Å². The third-order valence-corrected chi connectivity index (χ3v) is 4.48. The average Bonchev–Trinajstić information content (AvgIpc) is 2.39. The molecule has 1 aliphatic rings. The van der Waals surface area contributed by atoms with Crippen LogP contribution in [0.2, 0.25) is 0 Å². The third-order valence-electron chi connectivity index (χ3n) is 4.48. The molecule has 1 aliphatic carbocycles. The molecule has 1 fully saturated rings. The Morgan fingerprint density at radius 1 is 1.20 bits per heavy atom. The topological polar surface area (TPSA) is 20.2 Å². The number of hydrogen-bond acceptors (Lipinski definition) is 1. The van der Waals surface area contributed by atoms with Crippen LogP contribution in [0.3, 0.4) is 0 Å². The molecule has 0 bridgehead atoms.